The van der Waals surface area contributed by atoms with Gasteiger partial charge in [-0.2, -0.15) is 0 Å². The molecule has 5 nitrogen and oxygen atoms in total. The molecule has 1 N–H and O–H groups in total. The van der Waals surface area contributed by atoms with Gasteiger partial charge < -0.3 is 14.2 Å². The molecule has 0 aromatic heterocycles. The van der Waals surface area contributed by atoms with Crippen molar-refractivity contribution in [3.8, 4) is 0 Å². The third-order valence-corrected chi connectivity index (χ3v) is 10.4. The van der Waals surface area contributed by atoms with Gasteiger partial charge in [0, 0.05) is 24.5 Å². The molecule has 0 saturated carbocycles. The van der Waals surface area contributed by atoms with Crippen molar-refractivity contribution in [2.24, 2.45) is 0 Å². The first-order chi connectivity index (χ1) is 24.5. The molecule has 0 fully saturated rings. The predicted octanol–water partition coefficient (Wildman–Crippen LogP) is 13.0. The number of carbonyl (C=O) groups excluding carboxylic acids is 2. The van der Waals surface area contributed by atoms with Crippen LogP contribution < -0.4 is 5.32 Å². The van der Waals surface area contributed by atoms with Crippen molar-refractivity contribution in [1.82, 2.24) is 5.32 Å². The van der Waals surface area contributed by atoms with Crippen molar-refractivity contribution in [1.29, 1.82) is 2.61 Å². The topological polar surface area (TPSA) is 64.6 Å². The van der Waals surface area contributed by atoms with Crippen molar-refractivity contribution in [2.45, 2.75) is 238 Å². The van der Waals surface area contributed by atoms with Crippen LogP contribution in [0.1, 0.15) is 226 Å². The Bertz CT molecular complexity index is 745. The molecule has 0 aromatic carbocycles. The van der Waals surface area contributed by atoms with E-state index in [1.54, 1.807) is 0 Å². The van der Waals surface area contributed by atoms with Gasteiger partial charge in [0.25, 0.3) is 0 Å². The quantitative estimate of drug-likeness (QED) is 0.0225. The molecule has 0 aliphatic heterocycles. The van der Waals surface area contributed by atoms with Gasteiger partial charge in [0.2, 0.25) is 5.91 Å². The molecule has 3 atom stereocenters. The molecule has 283 valence electrons. The van der Waals surface area contributed by atoms with E-state index >= 15 is 0 Å². The molecule has 0 saturated heterocycles. The molecule has 0 bridgehead atoms. The summed E-state index contributed by atoms with van der Waals surface area (Å²) in [6, 6.07) is -0.460. The summed E-state index contributed by atoms with van der Waals surface area (Å²) in [6.45, 7) is 6.91. The molecule has 1 amide bonds. The Morgan fingerprint density at radius 3 is 1.48 bits per heavy atom. The Kier molecular flexibility index (Phi) is 36.2. The number of amides is 1. The molecule has 0 spiro atoms. The van der Waals surface area contributed by atoms with Crippen LogP contribution in [0.2, 0.25) is 0 Å². The Labute approximate surface area is 309 Å². The third-order valence-electron chi connectivity index (χ3n) is 9.51. The van der Waals surface area contributed by atoms with E-state index in [0.29, 0.717) is 19.3 Å². The van der Waals surface area contributed by atoms with Crippen molar-refractivity contribution >= 4 is 38.7 Å². The van der Waals surface area contributed by atoms with Crippen molar-refractivity contribution < 1.29 is 18.5 Å². The molecule has 48 heavy (non-hydrogen) atoms. The molecule has 0 aromatic rings. The largest absolute Gasteiger partial charge is 0.460 e. The fourth-order valence-corrected chi connectivity index (χ4v) is 7.04. The number of hydrogen-bond acceptors (Lipinski definition) is 5. The second kappa shape index (κ2) is 39.5. The Hall–Kier alpha value is -0.255. The normalized spacial score (nSPS) is 13.8. The maximum atomic E-state index is 13.2. The van der Waals surface area contributed by atoms with Crippen molar-refractivity contribution in [3.63, 3.8) is 0 Å². The Balaban J connectivity index is 4.97. The molecular formula is C40H80BNO4PS. The van der Waals surface area contributed by atoms with E-state index in [2.05, 4.69) is 26.1 Å². The lowest BCUT2D eigenvalue weighted by molar-refractivity contribution is -0.152. The summed E-state index contributed by atoms with van der Waals surface area (Å²) >= 11 is 0.971. The van der Waals surface area contributed by atoms with E-state index in [0.717, 1.165) is 64.1 Å². The summed E-state index contributed by atoms with van der Waals surface area (Å²) in [5.41, 5.74) is 0. The summed E-state index contributed by atoms with van der Waals surface area (Å²) in [7, 11) is -0.376. The van der Waals surface area contributed by atoms with Crippen LogP contribution >= 0.6 is 19.3 Å². The first-order valence-corrected chi connectivity index (χ1v) is 23.1. The van der Waals surface area contributed by atoms with E-state index in [1.807, 2.05) is 0 Å². The minimum atomic E-state index is -1.46. The van der Waals surface area contributed by atoms with Gasteiger partial charge in [-0.05, 0) is 27.0 Å². The zero-order chi connectivity index (χ0) is 36.8. The van der Waals surface area contributed by atoms with E-state index < -0.39 is 19.8 Å². The maximum Gasteiger partial charge on any atom is 0.306 e. The molecule has 0 aliphatic carbocycles. The fourth-order valence-electron chi connectivity index (χ4n) is 6.41. The van der Waals surface area contributed by atoms with Crippen LogP contribution in [0.4, 0.5) is 0 Å². The minimum Gasteiger partial charge on any atom is -0.460 e. The summed E-state index contributed by atoms with van der Waals surface area (Å²) in [6.07, 6.45) is 36.5. The molecule has 0 aliphatic rings. The molecule has 1 radical (unpaired) electrons. The lowest BCUT2D eigenvalue weighted by atomic mass is 10.0. The Morgan fingerprint density at radius 1 is 0.646 bits per heavy atom. The molecule has 0 rings (SSSR count). The summed E-state index contributed by atoms with van der Waals surface area (Å²) in [5.74, 6) is -0.208. The molecular weight excluding hydrogens is 632 g/mol. The van der Waals surface area contributed by atoms with Gasteiger partial charge in [-0.1, -0.05) is 195 Å². The number of rotatable bonds is 40. The van der Waals surface area contributed by atoms with Gasteiger partial charge in [0.05, 0.1) is 13.9 Å². The summed E-state index contributed by atoms with van der Waals surface area (Å²) < 4.78 is 27.2. The number of unbranched alkanes of at least 4 members (excludes halogenated alkanes) is 26. The van der Waals surface area contributed by atoms with Gasteiger partial charge in [-0.3, -0.25) is 9.59 Å². The number of esters is 1. The molecule has 8 heteroatoms. The maximum absolute atomic E-state index is 13.2. The first-order valence-electron chi connectivity index (χ1n) is 21.8. The zero-order valence-electron chi connectivity index (χ0n) is 34.1. The number of ether oxygens (including phenoxy) is 1. The average Bonchev–Trinajstić information content (AvgIpc) is 3.11. The van der Waals surface area contributed by atoms with E-state index in [9.17, 15) is 9.59 Å². The standard InChI is InChI=1S/C40H80BNO4PS/c1-4-7-10-13-16-19-20-23-25-28-31-34-39(43)42-37(36-45-48-47-41)38(33-30-27-24-21-17-14-11-8-5-2)46-40(44)35-32-29-26-22-18-15-12-9-6-3/h37-38,41,47H,4-36H2,1-3H3,(H,42,43)/t37-,38+,47?/m0/s1/i41T,47D. The van der Waals surface area contributed by atoms with Gasteiger partial charge in [-0.15, -0.1) is 0 Å². The average molecular weight is 716 g/mol. The predicted molar refractivity (Wildman–Crippen MR) is 216 cm³/mol. The molecule has 1 unspecified atom stereocenters. The van der Waals surface area contributed by atoms with Crippen molar-refractivity contribution in [2.75, 3.05) is 6.61 Å². The van der Waals surface area contributed by atoms with Crippen molar-refractivity contribution in [3.05, 3.63) is 0 Å². The first kappa shape index (κ1) is 43.9. The van der Waals surface area contributed by atoms with Crippen LogP contribution in [0.5, 0.6) is 0 Å². The second-order valence-corrected chi connectivity index (χ2v) is 15.8. The van der Waals surface area contributed by atoms with E-state index in [4.69, 9.17) is 11.5 Å². The van der Waals surface area contributed by atoms with Gasteiger partial charge in [0.15, 0.2) is 0 Å². The molecule has 0 heterocycles. The summed E-state index contributed by atoms with van der Waals surface area (Å²) in [5, 5.41) is 3.17. The SMILES string of the molecule is [2H]P([B][3H])SOC[C@H](NC(=O)CCCCCCCCCCCCC)[C@@H](CCCCCCCCCCC)OC(=O)CCCCCCCCCCC. The van der Waals surface area contributed by atoms with Crippen LogP contribution in [-0.4, -0.2) is 40.8 Å². The van der Waals surface area contributed by atoms with E-state index in [1.165, 1.54) is 141 Å². The lowest BCUT2D eigenvalue weighted by Crippen LogP contribution is -2.48. The van der Waals surface area contributed by atoms with Crippen LogP contribution in [0, 0.1) is 0 Å². The highest BCUT2D eigenvalue weighted by Crippen LogP contribution is 2.26. The van der Waals surface area contributed by atoms with Crippen LogP contribution in [-0.2, 0) is 18.5 Å². The van der Waals surface area contributed by atoms with Gasteiger partial charge >= 0.3 is 5.97 Å². The van der Waals surface area contributed by atoms with Crippen LogP contribution in [0.15, 0.2) is 0 Å². The van der Waals surface area contributed by atoms with Crippen LogP contribution in [0.3, 0.4) is 0 Å². The highest BCUT2D eigenvalue weighted by Gasteiger charge is 2.27. The highest BCUT2D eigenvalue weighted by atomic mass is 32.7. The van der Waals surface area contributed by atoms with Gasteiger partial charge in [0.1, 0.15) is 13.6 Å². The monoisotopic (exact) mass is 716 g/mol. The summed E-state index contributed by atoms with van der Waals surface area (Å²) in [4.78, 5) is 26.2. The highest BCUT2D eigenvalue weighted by molar-refractivity contribution is 8.53. The number of nitrogens with one attached hydrogen (secondary N) is 1. The van der Waals surface area contributed by atoms with Gasteiger partial charge in [-0.25, -0.2) is 0 Å². The fraction of sp³-hybridized carbons (Fsp3) is 0.950. The second-order valence-electron chi connectivity index (χ2n) is 14.1. The Morgan fingerprint density at radius 2 is 1.04 bits per heavy atom. The third kappa shape index (κ3) is 34.2. The van der Waals surface area contributed by atoms with Crippen LogP contribution in [0.25, 0.3) is 0 Å². The minimum absolute atomic E-state index is 0.0215. The number of carbonyl (C=O) groups is 2. The smallest absolute Gasteiger partial charge is 0.306 e. The zero-order valence-corrected chi connectivity index (χ0v) is 33.8. The van der Waals surface area contributed by atoms with E-state index in [-0.39, 0.29) is 18.5 Å². The lowest BCUT2D eigenvalue weighted by Gasteiger charge is -2.28. The number of hydrogen-bond donors (Lipinski definition) is 1.